The number of carbonyl (C=O) groups excluding carboxylic acids is 2. The molecular formula is C26H29N7O2. The SMILES string of the molecule is CC(=O)Nc1cccc(Nc2ncnc(N3CCC4(CCN(Cc5ccccc5)C4=O)CC3)n2)c1. The van der Waals surface area contributed by atoms with E-state index in [1.807, 2.05) is 47.4 Å². The van der Waals surface area contributed by atoms with Gasteiger partial charge in [-0.3, -0.25) is 9.59 Å². The number of hydrogen-bond acceptors (Lipinski definition) is 7. The van der Waals surface area contributed by atoms with Crippen molar-refractivity contribution >= 4 is 35.1 Å². The molecule has 9 nitrogen and oxygen atoms in total. The highest BCUT2D eigenvalue weighted by molar-refractivity contribution is 5.89. The molecule has 2 aliphatic rings. The molecule has 3 aromatic rings. The van der Waals surface area contributed by atoms with Gasteiger partial charge in [-0.15, -0.1) is 0 Å². The summed E-state index contributed by atoms with van der Waals surface area (Å²) < 4.78 is 0. The van der Waals surface area contributed by atoms with Crippen LogP contribution in [-0.4, -0.2) is 51.3 Å². The number of hydrogen-bond donors (Lipinski definition) is 2. The van der Waals surface area contributed by atoms with Crippen LogP contribution < -0.4 is 15.5 Å². The maximum atomic E-state index is 13.3. The van der Waals surface area contributed by atoms with E-state index in [4.69, 9.17) is 0 Å². The molecule has 1 aromatic heterocycles. The molecule has 0 unspecified atom stereocenters. The standard InChI is InChI=1S/C26H29N7O2/c1-19(34)29-21-8-5-9-22(16-21)30-24-27-18-28-25(31-24)32-13-10-26(11-14-32)12-15-33(23(26)35)17-20-6-3-2-4-7-20/h2-9,16,18H,10-15,17H2,1H3,(H,29,34)(H,27,28,30,31). The van der Waals surface area contributed by atoms with E-state index in [2.05, 4.69) is 42.6 Å². The minimum atomic E-state index is -0.274. The second-order valence-corrected chi connectivity index (χ2v) is 9.23. The van der Waals surface area contributed by atoms with Crippen molar-refractivity contribution in [1.82, 2.24) is 19.9 Å². The molecule has 1 spiro atoms. The quantitative estimate of drug-likeness (QED) is 0.566. The summed E-state index contributed by atoms with van der Waals surface area (Å²) in [5, 5.41) is 5.95. The Morgan fingerprint density at radius 1 is 0.971 bits per heavy atom. The Balaban J connectivity index is 1.21. The third-order valence-electron chi connectivity index (χ3n) is 6.82. The molecule has 2 fully saturated rings. The minimum Gasteiger partial charge on any atom is -0.341 e. The first-order valence-electron chi connectivity index (χ1n) is 11.9. The van der Waals surface area contributed by atoms with Crippen molar-refractivity contribution in [3.63, 3.8) is 0 Å². The minimum absolute atomic E-state index is 0.128. The summed E-state index contributed by atoms with van der Waals surface area (Å²) in [7, 11) is 0. The van der Waals surface area contributed by atoms with Gasteiger partial charge in [0.05, 0.1) is 5.41 Å². The Labute approximate surface area is 204 Å². The van der Waals surface area contributed by atoms with Gasteiger partial charge >= 0.3 is 0 Å². The third-order valence-corrected chi connectivity index (χ3v) is 6.82. The number of aromatic nitrogens is 3. The van der Waals surface area contributed by atoms with E-state index < -0.39 is 0 Å². The van der Waals surface area contributed by atoms with Gasteiger partial charge in [0.15, 0.2) is 0 Å². The Bertz CT molecular complexity index is 1210. The number of likely N-dealkylation sites (tertiary alicyclic amines) is 1. The summed E-state index contributed by atoms with van der Waals surface area (Å²) in [6.45, 7) is 4.42. The number of rotatable bonds is 6. The fraction of sp³-hybridized carbons (Fsp3) is 0.346. The van der Waals surface area contributed by atoms with Crippen molar-refractivity contribution in [2.24, 2.45) is 5.41 Å². The van der Waals surface area contributed by atoms with Gasteiger partial charge in [0.1, 0.15) is 6.33 Å². The van der Waals surface area contributed by atoms with E-state index in [0.29, 0.717) is 24.1 Å². The average Bonchev–Trinajstić information content (AvgIpc) is 3.15. The predicted molar refractivity (Wildman–Crippen MR) is 134 cm³/mol. The first kappa shape index (κ1) is 22.8. The van der Waals surface area contributed by atoms with Crippen LogP contribution in [0.5, 0.6) is 0 Å². The summed E-state index contributed by atoms with van der Waals surface area (Å²) in [6, 6.07) is 17.5. The lowest BCUT2D eigenvalue weighted by atomic mass is 9.77. The fourth-order valence-corrected chi connectivity index (χ4v) is 4.95. The lowest BCUT2D eigenvalue weighted by Crippen LogP contribution is -2.45. The molecule has 35 heavy (non-hydrogen) atoms. The molecular weight excluding hydrogens is 442 g/mol. The molecule has 2 saturated heterocycles. The summed E-state index contributed by atoms with van der Waals surface area (Å²) in [6.07, 6.45) is 3.99. The molecule has 2 aromatic carbocycles. The van der Waals surface area contributed by atoms with Gasteiger partial charge in [-0.25, -0.2) is 9.97 Å². The predicted octanol–water partition coefficient (Wildman–Crippen LogP) is 3.59. The number of anilines is 4. The summed E-state index contributed by atoms with van der Waals surface area (Å²) >= 11 is 0. The van der Waals surface area contributed by atoms with Gasteiger partial charge in [0.25, 0.3) is 0 Å². The number of benzene rings is 2. The maximum absolute atomic E-state index is 13.3. The summed E-state index contributed by atoms with van der Waals surface area (Å²) in [4.78, 5) is 42.0. The van der Waals surface area contributed by atoms with E-state index >= 15 is 0 Å². The van der Waals surface area contributed by atoms with Crippen LogP contribution in [-0.2, 0) is 16.1 Å². The molecule has 0 aliphatic carbocycles. The van der Waals surface area contributed by atoms with Crippen LogP contribution in [0.4, 0.5) is 23.3 Å². The van der Waals surface area contributed by atoms with Crippen molar-refractivity contribution < 1.29 is 9.59 Å². The number of piperidine rings is 1. The van der Waals surface area contributed by atoms with Gasteiger partial charge in [0, 0.05) is 44.5 Å². The monoisotopic (exact) mass is 471 g/mol. The lowest BCUT2D eigenvalue weighted by Gasteiger charge is -2.38. The Morgan fingerprint density at radius 2 is 1.71 bits per heavy atom. The van der Waals surface area contributed by atoms with Gasteiger partial charge in [0.2, 0.25) is 23.7 Å². The van der Waals surface area contributed by atoms with E-state index in [1.165, 1.54) is 18.8 Å². The first-order chi connectivity index (χ1) is 17.0. The van der Waals surface area contributed by atoms with Crippen LogP contribution >= 0.6 is 0 Å². The molecule has 0 radical (unpaired) electrons. The maximum Gasteiger partial charge on any atom is 0.231 e. The summed E-state index contributed by atoms with van der Waals surface area (Å²) in [5.41, 5.74) is 2.36. The van der Waals surface area contributed by atoms with Crippen molar-refractivity contribution in [2.75, 3.05) is 35.2 Å². The number of nitrogens with one attached hydrogen (secondary N) is 2. The number of nitrogens with zero attached hydrogens (tertiary/aromatic N) is 5. The summed E-state index contributed by atoms with van der Waals surface area (Å²) in [5.74, 6) is 1.18. The van der Waals surface area contributed by atoms with Crippen LogP contribution in [0.2, 0.25) is 0 Å². The lowest BCUT2D eigenvalue weighted by molar-refractivity contribution is -0.137. The Morgan fingerprint density at radius 3 is 2.49 bits per heavy atom. The van der Waals surface area contributed by atoms with Gasteiger partial charge in [-0.2, -0.15) is 4.98 Å². The average molecular weight is 472 g/mol. The van der Waals surface area contributed by atoms with Gasteiger partial charge in [-0.05, 0) is 43.0 Å². The molecule has 0 atom stereocenters. The second-order valence-electron chi connectivity index (χ2n) is 9.23. The first-order valence-corrected chi connectivity index (χ1v) is 11.9. The third kappa shape index (κ3) is 5.08. The molecule has 3 heterocycles. The van der Waals surface area contributed by atoms with E-state index in [9.17, 15) is 9.59 Å². The Kier molecular flexibility index (Phi) is 6.31. The number of amides is 2. The fourth-order valence-electron chi connectivity index (χ4n) is 4.95. The normalized spacial score (nSPS) is 17.0. The highest BCUT2D eigenvalue weighted by Gasteiger charge is 2.48. The molecule has 5 rings (SSSR count). The van der Waals surface area contributed by atoms with Crippen molar-refractivity contribution in [3.05, 3.63) is 66.5 Å². The molecule has 0 saturated carbocycles. The topological polar surface area (TPSA) is 103 Å². The smallest absolute Gasteiger partial charge is 0.231 e. The molecule has 2 amide bonds. The van der Waals surface area contributed by atoms with Gasteiger partial charge in [-0.1, -0.05) is 36.4 Å². The molecule has 2 N–H and O–H groups in total. The largest absolute Gasteiger partial charge is 0.341 e. The van der Waals surface area contributed by atoms with E-state index in [-0.39, 0.29) is 17.2 Å². The second kappa shape index (κ2) is 9.69. The van der Waals surface area contributed by atoms with E-state index in [1.54, 1.807) is 0 Å². The van der Waals surface area contributed by atoms with Crippen LogP contribution in [0.25, 0.3) is 0 Å². The zero-order valence-corrected chi connectivity index (χ0v) is 19.8. The zero-order chi connectivity index (χ0) is 24.3. The molecule has 0 bridgehead atoms. The van der Waals surface area contributed by atoms with Crippen LogP contribution in [0.1, 0.15) is 31.7 Å². The van der Waals surface area contributed by atoms with Crippen molar-refractivity contribution in [2.45, 2.75) is 32.7 Å². The molecule has 2 aliphatic heterocycles. The van der Waals surface area contributed by atoms with Crippen LogP contribution in [0.3, 0.4) is 0 Å². The van der Waals surface area contributed by atoms with Crippen molar-refractivity contribution in [1.29, 1.82) is 0 Å². The van der Waals surface area contributed by atoms with Crippen LogP contribution in [0, 0.1) is 5.41 Å². The highest BCUT2D eigenvalue weighted by Crippen LogP contribution is 2.42. The number of carbonyl (C=O) groups is 2. The van der Waals surface area contributed by atoms with E-state index in [0.717, 1.165) is 44.6 Å². The molecule has 9 heteroatoms. The van der Waals surface area contributed by atoms with Crippen molar-refractivity contribution in [3.8, 4) is 0 Å². The zero-order valence-electron chi connectivity index (χ0n) is 19.8. The highest BCUT2D eigenvalue weighted by atomic mass is 16.2. The molecule has 180 valence electrons. The van der Waals surface area contributed by atoms with Gasteiger partial charge < -0.3 is 20.4 Å². The van der Waals surface area contributed by atoms with Crippen LogP contribution in [0.15, 0.2) is 60.9 Å². The Hall–Kier alpha value is -4.01.